The summed E-state index contributed by atoms with van der Waals surface area (Å²) in [6.45, 7) is 7.35. The summed E-state index contributed by atoms with van der Waals surface area (Å²) in [5.74, 6) is 0. The minimum Gasteiger partial charge on any atom is -0.392 e. The summed E-state index contributed by atoms with van der Waals surface area (Å²) < 4.78 is 6.40. The fraction of sp³-hybridized carbons (Fsp3) is 0.538. The van der Waals surface area contributed by atoms with Gasteiger partial charge in [0.05, 0.1) is 13.2 Å². The normalized spacial score (nSPS) is 10.6. The lowest BCUT2D eigenvalue weighted by Crippen LogP contribution is -2.28. The first-order chi connectivity index (χ1) is 8.22. The Bertz CT molecular complexity index is 344. The first-order valence-electron chi connectivity index (χ1n) is 5.94. The van der Waals surface area contributed by atoms with E-state index >= 15 is 0 Å². The van der Waals surface area contributed by atoms with Crippen LogP contribution in [0.4, 0.5) is 5.69 Å². The fourth-order valence-corrected chi connectivity index (χ4v) is 2.08. The summed E-state index contributed by atoms with van der Waals surface area (Å²) in [5, 5.41) is 9.35. The Morgan fingerprint density at radius 3 is 2.71 bits per heavy atom. The van der Waals surface area contributed by atoms with E-state index in [9.17, 15) is 5.11 Å². The molecule has 0 spiro atoms. The fourth-order valence-electron chi connectivity index (χ4n) is 1.73. The van der Waals surface area contributed by atoms with E-state index in [1.54, 1.807) is 0 Å². The van der Waals surface area contributed by atoms with Crippen LogP contribution in [0.15, 0.2) is 22.7 Å². The average molecular weight is 302 g/mol. The van der Waals surface area contributed by atoms with Gasteiger partial charge in [-0.2, -0.15) is 0 Å². The second-order valence-corrected chi connectivity index (χ2v) is 4.62. The number of anilines is 1. The van der Waals surface area contributed by atoms with Crippen LogP contribution in [0.5, 0.6) is 0 Å². The van der Waals surface area contributed by atoms with E-state index in [-0.39, 0.29) is 6.61 Å². The maximum Gasteiger partial charge on any atom is 0.0702 e. The Morgan fingerprint density at radius 2 is 2.12 bits per heavy atom. The third-order valence-electron chi connectivity index (χ3n) is 2.65. The van der Waals surface area contributed by atoms with Crippen LogP contribution in [-0.4, -0.2) is 31.4 Å². The molecule has 0 aliphatic rings. The van der Waals surface area contributed by atoms with Gasteiger partial charge in [0.15, 0.2) is 0 Å². The highest BCUT2D eigenvalue weighted by atomic mass is 79.9. The molecule has 0 radical (unpaired) electrons. The van der Waals surface area contributed by atoms with Gasteiger partial charge in [-0.1, -0.05) is 22.0 Å². The summed E-state index contributed by atoms with van der Waals surface area (Å²) in [4.78, 5) is 2.21. The summed E-state index contributed by atoms with van der Waals surface area (Å²) in [5.41, 5.74) is 2.02. The van der Waals surface area contributed by atoms with Gasteiger partial charge in [-0.25, -0.2) is 0 Å². The van der Waals surface area contributed by atoms with Gasteiger partial charge in [-0.15, -0.1) is 0 Å². The van der Waals surface area contributed by atoms with Crippen LogP contribution in [0.2, 0.25) is 0 Å². The molecule has 0 unspecified atom stereocenters. The number of likely N-dealkylation sites (N-methyl/N-ethyl adjacent to an activating group) is 1. The molecule has 1 N–H and O–H groups in total. The molecule has 0 saturated carbocycles. The van der Waals surface area contributed by atoms with Crippen molar-refractivity contribution in [2.24, 2.45) is 0 Å². The number of aliphatic hydroxyl groups excluding tert-OH is 1. The van der Waals surface area contributed by atoms with E-state index in [0.29, 0.717) is 6.61 Å². The predicted octanol–water partition coefficient (Wildman–Crippen LogP) is 2.80. The predicted molar refractivity (Wildman–Crippen MR) is 74.4 cm³/mol. The van der Waals surface area contributed by atoms with Crippen molar-refractivity contribution in [2.45, 2.75) is 20.5 Å². The lowest BCUT2D eigenvalue weighted by Gasteiger charge is -2.25. The highest BCUT2D eigenvalue weighted by molar-refractivity contribution is 9.10. The quantitative estimate of drug-likeness (QED) is 0.786. The van der Waals surface area contributed by atoms with E-state index < -0.39 is 0 Å². The van der Waals surface area contributed by atoms with Gasteiger partial charge in [-0.05, 0) is 26.0 Å². The van der Waals surface area contributed by atoms with Crippen LogP contribution in [-0.2, 0) is 11.3 Å². The Morgan fingerprint density at radius 1 is 1.35 bits per heavy atom. The first kappa shape index (κ1) is 14.5. The lowest BCUT2D eigenvalue weighted by molar-refractivity contribution is 0.154. The SMILES string of the molecule is CCOCCN(CC)c1cc(Br)ccc1CO. The molecule has 1 aromatic rings. The maximum atomic E-state index is 9.35. The van der Waals surface area contributed by atoms with Crippen molar-refractivity contribution >= 4 is 21.6 Å². The molecule has 0 fully saturated rings. The second-order valence-electron chi connectivity index (χ2n) is 3.71. The minimum absolute atomic E-state index is 0.0632. The van der Waals surface area contributed by atoms with E-state index in [4.69, 9.17) is 4.74 Å². The molecule has 96 valence electrons. The van der Waals surface area contributed by atoms with Crippen LogP contribution in [0.1, 0.15) is 19.4 Å². The highest BCUT2D eigenvalue weighted by Crippen LogP contribution is 2.25. The highest BCUT2D eigenvalue weighted by Gasteiger charge is 2.09. The number of hydrogen-bond acceptors (Lipinski definition) is 3. The largest absolute Gasteiger partial charge is 0.392 e. The molecule has 0 aliphatic heterocycles. The molecule has 0 heterocycles. The van der Waals surface area contributed by atoms with Crippen molar-refractivity contribution in [1.29, 1.82) is 0 Å². The maximum absolute atomic E-state index is 9.35. The monoisotopic (exact) mass is 301 g/mol. The molecule has 17 heavy (non-hydrogen) atoms. The topological polar surface area (TPSA) is 32.7 Å². The number of nitrogens with zero attached hydrogens (tertiary/aromatic N) is 1. The van der Waals surface area contributed by atoms with Crippen molar-refractivity contribution in [3.05, 3.63) is 28.2 Å². The van der Waals surface area contributed by atoms with Crippen molar-refractivity contribution in [3.8, 4) is 0 Å². The zero-order valence-corrected chi connectivity index (χ0v) is 12.0. The van der Waals surface area contributed by atoms with Crippen LogP contribution >= 0.6 is 15.9 Å². The smallest absolute Gasteiger partial charge is 0.0702 e. The van der Waals surface area contributed by atoms with Crippen LogP contribution in [0.25, 0.3) is 0 Å². The third kappa shape index (κ3) is 4.30. The molecule has 4 heteroatoms. The summed E-state index contributed by atoms with van der Waals surface area (Å²) in [6, 6.07) is 5.94. The van der Waals surface area contributed by atoms with Gasteiger partial charge in [0.25, 0.3) is 0 Å². The van der Waals surface area contributed by atoms with Gasteiger partial charge in [0.2, 0.25) is 0 Å². The minimum atomic E-state index is 0.0632. The van der Waals surface area contributed by atoms with Gasteiger partial charge >= 0.3 is 0 Å². The number of rotatable bonds is 7. The number of hydrogen-bond donors (Lipinski definition) is 1. The van der Waals surface area contributed by atoms with E-state index in [1.165, 1.54) is 0 Å². The zero-order valence-electron chi connectivity index (χ0n) is 10.4. The standard InChI is InChI=1S/C13H20BrNO2/c1-3-15(7-8-17-4-2)13-9-12(14)6-5-11(13)10-16/h5-6,9,16H,3-4,7-8,10H2,1-2H3. The van der Waals surface area contributed by atoms with Crippen LogP contribution in [0.3, 0.4) is 0 Å². The van der Waals surface area contributed by atoms with E-state index in [0.717, 1.165) is 35.4 Å². The van der Waals surface area contributed by atoms with Crippen LogP contribution < -0.4 is 4.90 Å². The molecular weight excluding hydrogens is 282 g/mol. The van der Waals surface area contributed by atoms with Gasteiger partial charge in [0.1, 0.15) is 0 Å². The zero-order chi connectivity index (χ0) is 12.7. The molecule has 1 aromatic carbocycles. The van der Waals surface area contributed by atoms with Gasteiger partial charge in [0, 0.05) is 35.4 Å². The number of benzene rings is 1. The average Bonchev–Trinajstić information content (AvgIpc) is 2.35. The van der Waals surface area contributed by atoms with E-state index in [1.807, 2.05) is 25.1 Å². The summed E-state index contributed by atoms with van der Waals surface area (Å²) >= 11 is 3.47. The van der Waals surface area contributed by atoms with Crippen molar-refractivity contribution in [2.75, 3.05) is 31.2 Å². The Labute approximate surface area is 112 Å². The molecule has 0 amide bonds. The van der Waals surface area contributed by atoms with E-state index in [2.05, 4.69) is 27.8 Å². The van der Waals surface area contributed by atoms with Crippen molar-refractivity contribution in [3.63, 3.8) is 0 Å². The van der Waals surface area contributed by atoms with Crippen LogP contribution in [0, 0.1) is 0 Å². The van der Waals surface area contributed by atoms with Gasteiger partial charge < -0.3 is 14.7 Å². The first-order valence-corrected chi connectivity index (χ1v) is 6.74. The Kier molecular flexibility index (Phi) is 6.55. The molecule has 3 nitrogen and oxygen atoms in total. The molecule has 0 atom stereocenters. The Balaban J connectivity index is 2.82. The molecule has 0 bridgehead atoms. The molecular formula is C13H20BrNO2. The lowest BCUT2D eigenvalue weighted by atomic mass is 10.1. The molecule has 1 rings (SSSR count). The second kappa shape index (κ2) is 7.69. The summed E-state index contributed by atoms with van der Waals surface area (Å²) in [6.07, 6.45) is 0. The molecule has 0 saturated heterocycles. The van der Waals surface area contributed by atoms with Gasteiger partial charge in [-0.3, -0.25) is 0 Å². The molecule has 0 aliphatic carbocycles. The van der Waals surface area contributed by atoms with Crippen molar-refractivity contribution < 1.29 is 9.84 Å². The number of aliphatic hydroxyl groups is 1. The molecule has 0 aromatic heterocycles. The number of ether oxygens (including phenoxy) is 1. The third-order valence-corrected chi connectivity index (χ3v) is 3.14. The van der Waals surface area contributed by atoms with Crippen molar-refractivity contribution in [1.82, 2.24) is 0 Å². The Hall–Kier alpha value is -0.580. The summed E-state index contributed by atoms with van der Waals surface area (Å²) in [7, 11) is 0. The number of halogens is 1.